The molecule has 0 spiro atoms. The highest BCUT2D eigenvalue weighted by molar-refractivity contribution is 5.44. The van der Waals surface area contributed by atoms with E-state index in [-0.39, 0.29) is 19.3 Å². The summed E-state index contributed by atoms with van der Waals surface area (Å²) in [6.07, 6.45) is 1.49. The molecule has 2 heterocycles. The van der Waals surface area contributed by atoms with Crippen LogP contribution in [0, 0.1) is 23.0 Å². The summed E-state index contributed by atoms with van der Waals surface area (Å²) in [5.74, 6) is -4.68. The van der Waals surface area contributed by atoms with E-state index in [1.807, 2.05) is 24.3 Å². The Morgan fingerprint density at radius 2 is 1.81 bits per heavy atom. The first kappa shape index (κ1) is 23.4. The van der Waals surface area contributed by atoms with Crippen molar-refractivity contribution in [2.24, 2.45) is 11.3 Å². The van der Waals surface area contributed by atoms with E-state index < -0.39 is 46.1 Å². The van der Waals surface area contributed by atoms with Crippen LogP contribution in [0.2, 0.25) is 0 Å². The summed E-state index contributed by atoms with van der Waals surface area (Å²) >= 11 is 0. The third-order valence-electron chi connectivity index (χ3n) is 8.19. The van der Waals surface area contributed by atoms with Gasteiger partial charge < -0.3 is 15.2 Å². The molecule has 0 radical (unpaired) electrons. The summed E-state index contributed by atoms with van der Waals surface area (Å²) < 4.78 is 67.5. The van der Waals surface area contributed by atoms with Gasteiger partial charge in [0.1, 0.15) is 23.7 Å². The van der Waals surface area contributed by atoms with Crippen molar-refractivity contribution in [1.82, 2.24) is 25.5 Å². The number of aromatic nitrogens is 4. The Morgan fingerprint density at radius 3 is 2.39 bits per heavy atom. The molecule has 11 heteroatoms. The molecule has 4 aliphatic rings. The van der Waals surface area contributed by atoms with Crippen LogP contribution in [0.4, 0.5) is 17.6 Å². The molecule has 1 unspecified atom stereocenters. The monoisotopic (exact) mass is 503 g/mol. The molecule has 3 aromatic rings. The maximum absolute atomic E-state index is 16.2. The lowest BCUT2D eigenvalue weighted by Gasteiger charge is -2.74. The van der Waals surface area contributed by atoms with Crippen LogP contribution in [0.3, 0.4) is 0 Å². The SMILES string of the molecule is OC(Cn1cnnn1)(c1ccc(F)cc1F)C(F)(F)C12CC(c3ccc(OCC4CNC4)cc3)(C1)C2. The number of hydrogen-bond acceptors (Lipinski definition) is 6. The lowest BCUT2D eigenvalue weighted by Crippen LogP contribution is -2.76. The first-order valence-electron chi connectivity index (χ1n) is 11.9. The summed E-state index contributed by atoms with van der Waals surface area (Å²) in [5, 5.41) is 25.1. The van der Waals surface area contributed by atoms with Crippen LogP contribution in [0.5, 0.6) is 5.75 Å². The van der Waals surface area contributed by atoms with Gasteiger partial charge in [-0.05, 0) is 64.9 Å². The maximum atomic E-state index is 16.2. The van der Waals surface area contributed by atoms with Crippen molar-refractivity contribution in [3.05, 3.63) is 71.6 Å². The van der Waals surface area contributed by atoms with E-state index in [2.05, 4.69) is 20.8 Å². The van der Waals surface area contributed by atoms with Gasteiger partial charge in [0.2, 0.25) is 0 Å². The molecule has 7 rings (SSSR count). The van der Waals surface area contributed by atoms with Crippen LogP contribution in [0.15, 0.2) is 48.8 Å². The van der Waals surface area contributed by atoms with Crippen molar-refractivity contribution in [2.75, 3.05) is 19.7 Å². The van der Waals surface area contributed by atoms with Gasteiger partial charge in [-0.1, -0.05) is 12.1 Å². The minimum atomic E-state index is -3.74. The van der Waals surface area contributed by atoms with Crippen molar-refractivity contribution >= 4 is 0 Å². The highest BCUT2D eigenvalue weighted by atomic mass is 19.3. The first-order chi connectivity index (χ1) is 17.2. The fraction of sp³-hybridized carbons (Fsp3) is 0.480. The third kappa shape index (κ3) is 3.36. The molecule has 1 aliphatic heterocycles. The molecule has 1 aromatic heterocycles. The van der Waals surface area contributed by atoms with Gasteiger partial charge in [0.25, 0.3) is 5.92 Å². The van der Waals surface area contributed by atoms with Crippen LogP contribution in [0.25, 0.3) is 0 Å². The zero-order valence-corrected chi connectivity index (χ0v) is 19.3. The number of benzene rings is 2. The van der Waals surface area contributed by atoms with Crippen molar-refractivity contribution in [3.8, 4) is 5.75 Å². The van der Waals surface area contributed by atoms with Crippen molar-refractivity contribution < 1.29 is 27.4 Å². The average molecular weight is 504 g/mol. The molecule has 1 saturated heterocycles. The molecule has 3 saturated carbocycles. The van der Waals surface area contributed by atoms with Gasteiger partial charge in [-0.25, -0.2) is 22.2 Å². The predicted molar refractivity (Wildman–Crippen MR) is 119 cm³/mol. The fourth-order valence-corrected chi connectivity index (χ4v) is 6.12. The van der Waals surface area contributed by atoms with Crippen molar-refractivity contribution in [3.63, 3.8) is 0 Å². The van der Waals surface area contributed by atoms with Gasteiger partial charge in [-0.3, -0.25) is 0 Å². The number of alkyl halides is 2. The number of aliphatic hydroxyl groups is 1. The Bertz CT molecular complexity index is 1250. The van der Waals surface area contributed by atoms with E-state index >= 15 is 8.78 Å². The number of hydrogen-bond donors (Lipinski definition) is 2. The number of ether oxygens (including phenoxy) is 1. The Kier molecular flexibility index (Phi) is 5.17. The molecule has 36 heavy (non-hydrogen) atoms. The summed E-state index contributed by atoms with van der Waals surface area (Å²) in [7, 11) is 0. The highest BCUT2D eigenvalue weighted by Gasteiger charge is 2.82. The van der Waals surface area contributed by atoms with Crippen LogP contribution < -0.4 is 10.1 Å². The van der Waals surface area contributed by atoms with Gasteiger partial charge in [0, 0.05) is 36.1 Å². The Hall–Kier alpha value is -3.05. The minimum absolute atomic E-state index is 0.141. The minimum Gasteiger partial charge on any atom is -0.493 e. The third-order valence-corrected chi connectivity index (χ3v) is 8.19. The highest BCUT2D eigenvalue weighted by Crippen LogP contribution is 2.80. The molecule has 0 amide bonds. The topological polar surface area (TPSA) is 85.1 Å². The zero-order valence-electron chi connectivity index (χ0n) is 19.3. The predicted octanol–water partition coefficient (Wildman–Crippen LogP) is 3.19. The molecule has 1 atom stereocenters. The van der Waals surface area contributed by atoms with E-state index in [9.17, 15) is 13.9 Å². The van der Waals surface area contributed by atoms with Gasteiger partial charge in [-0.15, -0.1) is 5.10 Å². The Labute approximate surface area is 204 Å². The molecule has 4 fully saturated rings. The molecular weight excluding hydrogens is 478 g/mol. The molecule has 3 aliphatic carbocycles. The molecule has 7 nitrogen and oxygen atoms in total. The van der Waals surface area contributed by atoms with Crippen LogP contribution in [0.1, 0.15) is 30.4 Å². The van der Waals surface area contributed by atoms with Gasteiger partial charge in [0.15, 0.2) is 5.60 Å². The molecule has 2 aromatic carbocycles. The second kappa shape index (κ2) is 7.97. The van der Waals surface area contributed by atoms with Crippen molar-refractivity contribution in [1.29, 1.82) is 0 Å². The summed E-state index contributed by atoms with van der Waals surface area (Å²) in [5.41, 5.74) is -4.68. The van der Waals surface area contributed by atoms with E-state index in [0.29, 0.717) is 18.6 Å². The molecular formula is C25H25F4N5O2. The second-order valence-electron chi connectivity index (χ2n) is 10.5. The van der Waals surface area contributed by atoms with E-state index in [1.54, 1.807) is 0 Å². The largest absolute Gasteiger partial charge is 0.493 e. The van der Waals surface area contributed by atoms with E-state index in [0.717, 1.165) is 47.5 Å². The normalized spacial score (nSPS) is 26.9. The summed E-state index contributed by atoms with van der Waals surface area (Å²) in [6.45, 7) is 1.73. The Balaban J connectivity index is 1.23. The zero-order chi connectivity index (χ0) is 25.2. The number of nitrogens with one attached hydrogen (secondary N) is 1. The van der Waals surface area contributed by atoms with Gasteiger partial charge >= 0.3 is 0 Å². The standard InChI is InChI=1S/C25H25F4N5O2/c26-18-3-6-20(21(27)7-18)24(35,14-34-15-31-32-33-34)25(28,29)23-11-22(12-23,13-23)17-1-4-19(5-2-17)36-10-16-8-30-9-16/h1-7,15-16,30,35H,8-14H2. The number of tetrazole rings is 1. The van der Waals surface area contributed by atoms with Gasteiger partial charge in [-0.2, -0.15) is 0 Å². The first-order valence-corrected chi connectivity index (χ1v) is 11.9. The van der Waals surface area contributed by atoms with Crippen molar-refractivity contribution in [2.45, 2.75) is 42.7 Å². The lowest BCUT2D eigenvalue weighted by molar-refractivity contribution is -0.347. The molecule has 2 N–H and O–H groups in total. The lowest BCUT2D eigenvalue weighted by atomic mass is 9.30. The number of nitrogens with zero attached hydrogens (tertiary/aromatic N) is 4. The average Bonchev–Trinajstić information content (AvgIpc) is 3.24. The second-order valence-corrected chi connectivity index (χ2v) is 10.5. The Morgan fingerprint density at radius 1 is 1.08 bits per heavy atom. The van der Waals surface area contributed by atoms with E-state index in [4.69, 9.17) is 4.74 Å². The number of halogens is 4. The smallest absolute Gasteiger partial charge is 0.287 e. The maximum Gasteiger partial charge on any atom is 0.287 e. The quantitative estimate of drug-likeness (QED) is 0.437. The number of rotatable bonds is 9. The summed E-state index contributed by atoms with van der Waals surface area (Å²) in [4.78, 5) is 0. The van der Waals surface area contributed by atoms with Crippen LogP contribution in [-0.2, 0) is 17.6 Å². The molecule has 190 valence electrons. The van der Waals surface area contributed by atoms with Crippen LogP contribution in [-0.4, -0.2) is 50.9 Å². The van der Waals surface area contributed by atoms with Crippen LogP contribution >= 0.6 is 0 Å². The fourth-order valence-electron chi connectivity index (χ4n) is 6.12. The summed E-state index contributed by atoms with van der Waals surface area (Å²) in [6, 6.07) is 9.73. The van der Waals surface area contributed by atoms with E-state index in [1.165, 1.54) is 0 Å². The molecule has 2 bridgehead atoms. The van der Waals surface area contributed by atoms with Gasteiger partial charge in [0.05, 0.1) is 13.2 Å².